The number of rotatable bonds is 12. The predicted octanol–water partition coefficient (Wildman–Crippen LogP) is 3.29. The van der Waals surface area contributed by atoms with E-state index in [-0.39, 0.29) is 6.61 Å². The molecule has 7 heteroatoms. The van der Waals surface area contributed by atoms with Gasteiger partial charge in [-0.15, -0.1) is 4.91 Å². The van der Waals surface area contributed by atoms with Crippen LogP contribution in [0.25, 0.3) is 0 Å². The minimum atomic E-state index is -0.464. The number of hydrogen-bond acceptors (Lipinski definition) is 7. The summed E-state index contributed by atoms with van der Waals surface area (Å²) in [5.41, 5.74) is 2.22. The standard InChI is InChI=1S/C20H26N2O5/c1-15-5-4-6-17(11-15)26-14-18(27-22-23)13-21-10-9-16-7-8-19(24-2)20(12-16)25-3/h4-8,11-12,18,21H,9-10,13-14H2,1-3H3. The Morgan fingerprint density at radius 1 is 1.07 bits per heavy atom. The second-order valence-electron chi connectivity index (χ2n) is 6.07. The molecule has 2 aromatic rings. The van der Waals surface area contributed by atoms with Crippen LogP contribution in [0, 0.1) is 11.8 Å². The van der Waals surface area contributed by atoms with Crippen LogP contribution in [-0.4, -0.2) is 40.0 Å². The average molecular weight is 374 g/mol. The van der Waals surface area contributed by atoms with Crippen molar-refractivity contribution in [2.75, 3.05) is 33.9 Å². The fourth-order valence-corrected chi connectivity index (χ4v) is 2.61. The van der Waals surface area contributed by atoms with Crippen molar-refractivity contribution in [1.29, 1.82) is 0 Å². The normalized spacial score (nSPS) is 11.5. The van der Waals surface area contributed by atoms with Crippen LogP contribution in [-0.2, 0) is 11.3 Å². The Hall–Kier alpha value is -2.80. The minimum absolute atomic E-state index is 0.235. The fourth-order valence-electron chi connectivity index (χ4n) is 2.61. The zero-order valence-corrected chi connectivity index (χ0v) is 15.9. The number of benzene rings is 2. The van der Waals surface area contributed by atoms with Crippen molar-refractivity contribution >= 4 is 0 Å². The van der Waals surface area contributed by atoms with Gasteiger partial charge in [-0.1, -0.05) is 18.2 Å². The molecule has 0 fully saturated rings. The molecule has 0 spiro atoms. The van der Waals surface area contributed by atoms with E-state index in [1.807, 2.05) is 49.4 Å². The first kappa shape index (κ1) is 20.5. The lowest BCUT2D eigenvalue weighted by atomic mass is 10.1. The van der Waals surface area contributed by atoms with Crippen molar-refractivity contribution in [3.63, 3.8) is 0 Å². The number of aryl methyl sites for hydroxylation is 1. The zero-order chi connectivity index (χ0) is 19.5. The van der Waals surface area contributed by atoms with E-state index >= 15 is 0 Å². The molecule has 0 aliphatic carbocycles. The van der Waals surface area contributed by atoms with Gasteiger partial charge in [-0.2, -0.15) is 0 Å². The number of methoxy groups -OCH3 is 2. The van der Waals surface area contributed by atoms with E-state index in [9.17, 15) is 4.91 Å². The highest BCUT2D eigenvalue weighted by Crippen LogP contribution is 2.27. The molecule has 2 aromatic carbocycles. The highest BCUT2D eigenvalue weighted by molar-refractivity contribution is 5.42. The lowest BCUT2D eigenvalue weighted by molar-refractivity contribution is 0.0219. The van der Waals surface area contributed by atoms with Crippen LogP contribution in [0.15, 0.2) is 47.8 Å². The Labute approximate surface area is 159 Å². The SMILES string of the molecule is COc1ccc(CCNCC(COc2cccc(C)c2)ON=O)cc1OC. The van der Waals surface area contributed by atoms with Gasteiger partial charge in [0, 0.05) is 6.54 Å². The van der Waals surface area contributed by atoms with Gasteiger partial charge >= 0.3 is 0 Å². The van der Waals surface area contributed by atoms with Gasteiger partial charge in [0.25, 0.3) is 0 Å². The van der Waals surface area contributed by atoms with E-state index in [1.165, 1.54) is 0 Å². The molecule has 0 radical (unpaired) electrons. The summed E-state index contributed by atoms with van der Waals surface area (Å²) in [4.78, 5) is 15.3. The van der Waals surface area contributed by atoms with Crippen molar-refractivity contribution < 1.29 is 19.0 Å². The molecule has 0 saturated heterocycles. The van der Waals surface area contributed by atoms with Gasteiger partial charge in [0.2, 0.25) is 0 Å². The highest BCUT2D eigenvalue weighted by atomic mass is 16.7. The molecular formula is C20H26N2O5. The Kier molecular flexibility index (Phi) is 8.38. The van der Waals surface area contributed by atoms with Gasteiger partial charge < -0.3 is 24.4 Å². The largest absolute Gasteiger partial charge is 0.493 e. The summed E-state index contributed by atoms with van der Waals surface area (Å²) in [6, 6.07) is 13.5. The third kappa shape index (κ3) is 6.79. The Balaban J connectivity index is 1.78. The van der Waals surface area contributed by atoms with E-state index in [0.29, 0.717) is 24.6 Å². The third-order valence-corrected chi connectivity index (χ3v) is 4.03. The summed E-state index contributed by atoms with van der Waals surface area (Å²) in [5.74, 6) is 2.14. The minimum Gasteiger partial charge on any atom is -0.493 e. The molecule has 0 aliphatic rings. The summed E-state index contributed by atoms with van der Waals surface area (Å²) >= 11 is 0. The van der Waals surface area contributed by atoms with Crippen LogP contribution in [0.4, 0.5) is 0 Å². The number of hydrogen-bond donors (Lipinski definition) is 1. The summed E-state index contributed by atoms with van der Waals surface area (Å²) in [6.07, 6.45) is 0.328. The van der Waals surface area contributed by atoms with Crippen molar-refractivity contribution in [1.82, 2.24) is 5.32 Å². The fraction of sp³-hybridized carbons (Fsp3) is 0.400. The quantitative estimate of drug-likeness (QED) is 0.349. The zero-order valence-electron chi connectivity index (χ0n) is 15.9. The monoisotopic (exact) mass is 374 g/mol. The molecule has 7 nitrogen and oxygen atoms in total. The molecule has 2 rings (SSSR count). The molecule has 1 atom stereocenters. The first-order chi connectivity index (χ1) is 13.2. The lowest BCUT2D eigenvalue weighted by Gasteiger charge is -2.16. The second-order valence-corrected chi connectivity index (χ2v) is 6.07. The number of ether oxygens (including phenoxy) is 3. The summed E-state index contributed by atoms with van der Waals surface area (Å²) in [6.45, 7) is 3.38. The van der Waals surface area contributed by atoms with E-state index in [4.69, 9.17) is 19.0 Å². The third-order valence-electron chi connectivity index (χ3n) is 4.03. The Morgan fingerprint density at radius 2 is 1.89 bits per heavy atom. The first-order valence-electron chi connectivity index (χ1n) is 8.75. The molecule has 0 bridgehead atoms. The van der Waals surface area contributed by atoms with E-state index in [1.54, 1.807) is 14.2 Å². The maximum Gasteiger partial charge on any atom is 0.176 e. The van der Waals surface area contributed by atoms with Gasteiger partial charge in [-0.3, -0.25) is 0 Å². The number of nitrogens with one attached hydrogen (secondary N) is 1. The molecule has 0 heterocycles. The van der Waals surface area contributed by atoms with Gasteiger partial charge in [0.15, 0.2) is 22.9 Å². The molecule has 0 saturated carbocycles. The first-order valence-corrected chi connectivity index (χ1v) is 8.75. The molecular weight excluding hydrogens is 348 g/mol. The van der Waals surface area contributed by atoms with Crippen LogP contribution >= 0.6 is 0 Å². The van der Waals surface area contributed by atoms with Crippen LogP contribution in [0.2, 0.25) is 0 Å². The van der Waals surface area contributed by atoms with Crippen molar-refractivity contribution in [2.24, 2.45) is 5.34 Å². The molecule has 1 unspecified atom stereocenters. The van der Waals surface area contributed by atoms with E-state index in [2.05, 4.69) is 10.7 Å². The van der Waals surface area contributed by atoms with Gasteiger partial charge in [0.1, 0.15) is 12.4 Å². The molecule has 0 aliphatic heterocycles. The second kappa shape index (κ2) is 11.0. The lowest BCUT2D eigenvalue weighted by Crippen LogP contribution is -2.33. The van der Waals surface area contributed by atoms with Gasteiger partial charge in [0.05, 0.1) is 14.2 Å². The maximum absolute atomic E-state index is 10.5. The van der Waals surface area contributed by atoms with Crippen molar-refractivity contribution in [3.05, 3.63) is 58.5 Å². The molecule has 0 aromatic heterocycles. The molecule has 1 N–H and O–H groups in total. The summed E-state index contributed by atoms with van der Waals surface area (Å²) < 4.78 is 16.2. The average Bonchev–Trinajstić information content (AvgIpc) is 2.69. The smallest absolute Gasteiger partial charge is 0.176 e. The Morgan fingerprint density at radius 3 is 2.59 bits per heavy atom. The maximum atomic E-state index is 10.5. The van der Waals surface area contributed by atoms with Crippen molar-refractivity contribution in [3.8, 4) is 17.2 Å². The Bertz CT molecular complexity index is 723. The number of nitrogens with zero attached hydrogens (tertiary/aromatic N) is 1. The van der Waals surface area contributed by atoms with Crippen molar-refractivity contribution in [2.45, 2.75) is 19.4 Å². The predicted molar refractivity (Wildman–Crippen MR) is 103 cm³/mol. The van der Waals surface area contributed by atoms with E-state index in [0.717, 1.165) is 23.3 Å². The van der Waals surface area contributed by atoms with Crippen LogP contribution in [0.1, 0.15) is 11.1 Å². The molecule has 27 heavy (non-hydrogen) atoms. The van der Waals surface area contributed by atoms with Gasteiger partial charge in [-0.05, 0) is 55.3 Å². The molecule has 0 amide bonds. The molecule has 146 valence electrons. The van der Waals surface area contributed by atoms with E-state index < -0.39 is 6.10 Å². The highest BCUT2D eigenvalue weighted by Gasteiger charge is 2.12. The van der Waals surface area contributed by atoms with Gasteiger partial charge in [-0.25, -0.2) is 0 Å². The van der Waals surface area contributed by atoms with Crippen LogP contribution in [0.5, 0.6) is 17.2 Å². The van der Waals surface area contributed by atoms with Crippen LogP contribution < -0.4 is 19.5 Å². The summed E-state index contributed by atoms with van der Waals surface area (Å²) in [7, 11) is 3.22. The summed E-state index contributed by atoms with van der Waals surface area (Å²) in [5, 5.41) is 5.80. The topological polar surface area (TPSA) is 78.4 Å². The van der Waals surface area contributed by atoms with Crippen LogP contribution in [0.3, 0.4) is 0 Å².